The smallest absolute Gasteiger partial charge is 0.193 e. The van der Waals surface area contributed by atoms with E-state index in [1.807, 2.05) is 19.3 Å². The number of aromatic nitrogens is 2. The van der Waals surface area contributed by atoms with Crippen LogP contribution >= 0.6 is 24.0 Å². The summed E-state index contributed by atoms with van der Waals surface area (Å²) in [4.78, 5) is 11.4. The van der Waals surface area contributed by atoms with Crippen molar-refractivity contribution in [2.24, 2.45) is 4.99 Å². The van der Waals surface area contributed by atoms with Crippen molar-refractivity contribution in [3.8, 4) is 0 Å². The lowest BCUT2D eigenvalue weighted by atomic mass is 10.1. The van der Waals surface area contributed by atoms with Gasteiger partial charge in [-0.05, 0) is 46.5 Å². The summed E-state index contributed by atoms with van der Waals surface area (Å²) in [6.07, 6.45) is 8.76. The third-order valence-corrected chi connectivity index (χ3v) is 4.47. The van der Waals surface area contributed by atoms with Crippen molar-refractivity contribution in [1.29, 1.82) is 0 Å². The molecule has 0 unspecified atom stereocenters. The van der Waals surface area contributed by atoms with Gasteiger partial charge in [-0.25, -0.2) is 4.98 Å². The van der Waals surface area contributed by atoms with E-state index in [4.69, 9.17) is 9.73 Å². The molecule has 25 heavy (non-hydrogen) atoms. The predicted octanol–water partition coefficient (Wildman–Crippen LogP) is 3.06. The Labute approximate surface area is 169 Å². The first kappa shape index (κ1) is 22.2. The van der Waals surface area contributed by atoms with Gasteiger partial charge < -0.3 is 19.5 Å². The zero-order valence-corrected chi connectivity index (χ0v) is 18.2. The Morgan fingerprint density at radius 1 is 1.32 bits per heavy atom. The van der Waals surface area contributed by atoms with Crippen LogP contribution in [0.15, 0.2) is 17.4 Å². The van der Waals surface area contributed by atoms with Crippen LogP contribution < -0.4 is 5.32 Å². The molecular weight excluding hydrogens is 429 g/mol. The van der Waals surface area contributed by atoms with Crippen molar-refractivity contribution < 1.29 is 4.74 Å². The minimum absolute atomic E-state index is 0. The van der Waals surface area contributed by atoms with Gasteiger partial charge in [0.1, 0.15) is 5.82 Å². The van der Waals surface area contributed by atoms with E-state index in [9.17, 15) is 0 Å². The van der Waals surface area contributed by atoms with Gasteiger partial charge in [-0.3, -0.25) is 4.99 Å². The predicted molar refractivity (Wildman–Crippen MR) is 114 cm³/mol. The highest BCUT2D eigenvalue weighted by Crippen LogP contribution is 2.13. The SMILES string of the molecule is CCNC(=NCCCCn1ccnc1C)N1CCC(OCC)CC1.I. The van der Waals surface area contributed by atoms with E-state index in [1.165, 1.54) is 0 Å². The molecule has 0 aliphatic carbocycles. The Morgan fingerprint density at radius 3 is 2.68 bits per heavy atom. The van der Waals surface area contributed by atoms with E-state index in [2.05, 4.69) is 33.6 Å². The van der Waals surface area contributed by atoms with Gasteiger partial charge >= 0.3 is 0 Å². The van der Waals surface area contributed by atoms with Crippen molar-refractivity contribution in [2.75, 3.05) is 32.8 Å². The van der Waals surface area contributed by atoms with Crippen LogP contribution in [0.3, 0.4) is 0 Å². The Morgan fingerprint density at radius 2 is 2.08 bits per heavy atom. The van der Waals surface area contributed by atoms with Crippen molar-refractivity contribution in [3.05, 3.63) is 18.2 Å². The molecule has 0 bridgehead atoms. The topological polar surface area (TPSA) is 54.7 Å². The molecule has 2 heterocycles. The summed E-state index contributed by atoms with van der Waals surface area (Å²) in [6.45, 7) is 11.9. The highest BCUT2D eigenvalue weighted by Gasteiger charge is 2.21. The monoisotopic (exact) mass is 463 g/mol. The van der Waals surface area contributed by atoms with Crippen LogP contribution in [0, 0.1) is 6.92 Å². The van der Waals surface area contributed by atoms with Gasteiger partial charge in [-0.15, -0.1) is 24.0 Å². The second kappa shape index (κ2) is 12.5. The third-order valence-electron chi connectivity index (χ3n) is 4.47. The van der Waals surface area contributed by atoms with Gasteiger partial charge in [0, 0.05) is 51.7 Å². The second-order valence-corrected chi connectivity index (χ2v) is 6.25. The van der Waals surface area contributed by atoms with Crippen LogP contribution in [-0.2, 0) is 11.3 Å². The van der Waals surface area contributed by atoms with Gasteiger partial charge in [0.25, 0.3) is 0 Å². The number of likely N-dealkylation sites (tertiary alicyclic amines) is 1. The van der Waals surface area contributed by atoms with Crippen LogP contribution in [0.2, 0.25) is 0 Å². The normalized spacial score (nSPS) is 16.0. The van der Waals surface area contributed by atoms with E-state index >= 15 is 0 Å². The number of aryl methyl sites for hydroxylation is 2. The first-order chi connectivity index (χ1) is 11.7. The van der Waals surface area contributed by atoms with Crippen LogP contribution in [-0.4, -0.2) is 59.3 Å². The molecule has 2 rings (SSSR count). The highest BCUT2D eigenvalue weighted by molar-refractivity contribution is 14.0. The Hall–Kier alpha value is -0.830. The molecule has 0 aromatic carbocycles. The molecule has 1 aromatic rings. The number of nitrogens with zero attached hydrogens (tertiary/aromatic N) is 4. The average Bonchev–Trinajstić information content (AvgIpc) is 3.00. The number of piperidine rings is 1. The fourth-order valence-electron chi connectivity index (χ4n) is 3.11. The molecule has 1 aromatic heterocycles. The van der Waals surface area contributed by atoms with E-state index in [-0.39, 0.29) is 24.0 Å². The maximum absolute atomic E-state index is 5.73. The van der Waals surface area contributed by atoms with Crippen LogP contribution in [0.5, 0.6) is 0 Å². The standard InChI is InChI=1S/C18H33N5O.HI/c1-4-19-18(23-13-8-17(9-14-23)24-5-2)21-10-6-7-12-22-15-11-20-16(22)3;/h11,15,17H,4-10,12-14H2,1-3H3,(H,19,21);1H. The maximum Gasteiger partial charge on any atom is 0.193 e. The largest absolute Gasteiger partial charge is 0.378 e. The summed E-state index contributed by atoms with van der Waals surface area (Å²) in [5.41, 5.74) is 0. The number of aliphatic imine (C=N–C) groups is 1. The molecule has 144 valence electrons. The Balaban J connectivity index is 0.00000312. The number of rotatable bonds is 8. The van der Waals surface area contributed by atoms with E-state index in [1.54, 1.807) is 0 Å². The summed E-state index contributed by atoms with van der Waals surface area (Å²) >= 11 is 0. The van der Waals surface area contributed by atoms with Crippen molar-refractivity contribution in [2.45, 2.75) is 59.1 Å². The molecule has 0 saturated carbocycles. The molecule has 1 fully saturated rings. The van der Waals surface area contributed by atoms with Crippen LogP contribution in [0.4, 0.5) is 0 Å². The molecule has 0 amide bonds. The second-order valence-electron chi connectivity index (χ2n) is 6.25. The van der Waals surface area contributed by atoms with Crippen molar-refractivity contribution in [1.82, 2.24) is 19.8 Å². The van der Waals surface area contributed by atoms with Gasteiger partial charge in [0.05, 0.1) is 6.10 Å². The van der Waals surface area contributed by atoms with Gasteiger partial charge in [-0.2, -0.15) is 0 Å². The number of hydrogen-bond acceptors (Lipinski definition) is 3. The molecule has 1 aliphatic rings. The molecular formula is C18H34IN5O. The number of hydrogen-bond donors (Lipinski definition) is 1. The van der Waals surface area contributed by atoms with Crippen LogP contribution in [0.25, 0.3) is 0 Å². The molecule has 1 aliphatic heterocycles. The lowest BCUT2D eigenvalue weighted by Crippen LogP contribution is -2.47. The number of imidazole rings is 1. The molecule has 0 atom stereocenters. The number of nitrogens with one attached hydrogen (secondary N) is 1. The minimum Gasteiger partial charge on any atom is -0.378 e. The van der Waals surface area contributed by atoms with Crippen molar-refractivity contribution in [3.63, 3.8) is 0 Å². The minimum atomic E-state index is 0. The molecule has 1 saturated heterocycles. The molecule has 7 heteroatoms. The van der Waals surface area contributed by atoms with E-state index < -0.39 is 0 Å². The first-order valence-electron chi connectivity index (χ1n) is 9.37. The maximum atomic E-state index is 5.73. The summed E-state index contributed by atoms with van der Waals surface area (Å²) in [5, 5.41) is 3.43. The van der Waals surface area contributed by atoms with Gasteiger partial charge in [-0.1, -0.05) is 0 Å². The number of unbranched alkanes of at least 4 members (excludes halogenated alkanes) is 1. The zero-order valence-electron chi connectivity index (χ0n) is 15.9. The number of halogens is 1. The summed E-state index contributed by atoms with van der Waals surface area (Å²) in [7, 11) is 0. The zero-order chi connectivity index (χ0) is 17.2. The first-order valence-corrected chi connectivity index (χ1v) is 9.37. The molecule has 6 nitrogen and oxygen atoms in total. The lowest BCUT2D eigenvalue weighted by molar-refractivity contribution is 0.0264. The Bertz CT molecular complexity index is 497. The summed E-state index contributed by atoms with van der Waals surface area (Å²) < 4.78 is 7.94. The fraction of sp³-hybridized carbons (Fsp3) is 0.778. The lowest BCUT2D eigenvalue weighted by Gasteiger charge is -2.34. The summed E-state index contributed by atoms with van der Waals surface area (Å²) in [6, 6.07) is 0. The number of guanidine groups is 1. The van der Waals surface area contributed by atoms with Crippen molar-refractivity contribution >= 4 is 29.9 Å². The quantitative estimate of drug-likeness (QED) is 0.279. The fourth-order valence-corrected chi connectivity index (χ4v) is 3.11. The third kappa shape index (κ3) is 7.52. The Kier molecular flexibility index (Phi) is 11.1. The summed E-state index contributed by atoms with van der Waals surface area (Å²) in [5.74, 6) is 2.15. The molecule has 1 N–H and O–H groups in total. The molecule has 0 radical (unpaired) electrons. The highest BCUT2D eigenvalue weighted by atomic mass is 127. The van der Waals surface area contributed by atoms with E-state index in [0.29, 0.717) is 6.10 Å². The average molecular weight is 463 g/mol. The van der Waals surface area contributed by atoms with E-state index in [0.717, 1.165) is 76.8 Å². The molecule has 0 spiro atoms. The number of ether oxygens (including phenoxy) is 1. The van der Waals surface area contributed by atoms with Gasteiger partial charge in [0.15, 0.2) is 5.96 Å². The van der Waals surface area contributed by atoms with Crippen LogP contribution in [0.1, 0.15) is 45.4 Å². The van der Waals surface area contributed by atoms with Gasteiger partial charge in [0.2, 0.25) is 0 Å².